The maximum Gasteiger partial charge on any atom is 0.326 e. The number of carbonyl (C=O) groups is 4. The van der Waals surface area contributed by atoms with Crippen molar-refractivity contribution in [3.8, 4) is 5.75 Å². The van der Waals surface area contributed by atoms with Gasteiger partial charge in [0.25, 0.3) is 0 Å². The van der Waals surface area contributed by atoms with Crippen LogP contribution in [0.5, 0.6) is 5.75 Å². The highest BCUT2D eigenvalue weighted by Gasteiger charge is 2.31. The number of rotatable bonds is 12. The van der Waals surface area contributed by atoms with Gasteiger partial charge in [0.2, 0.25) is 17.7 Å². The number of carboxylic acid groups (broad SMARTS) is 1. The van der Waals surface area contributed by atoms with Crippen LogP contribution in [0, 0.1) is 5.92 Å². The summed E-state index contributed by atoms with van der Waals surface area (Å²) in [7, 11) is 0. The maximum absolute atomic E-state index is 12.8. The molecular formula is C21H32N4O6S. The molecule has 0 saturated carbocycles. The number of hydrogen-bond donors (Lipinski definition) is 7. The first-order valence-corrected chi connectivity index (χ1v) is 10.9. The Kier molecular flexibility index (Phi) is 11.0. The van der Waals surface area contributed by atoms with Gasteiger partial charge in [0.05, 0.1) is 6.04 Å². The normalized spacial score (nSPS) is 15.5. The van der Waals surface area contributed by atoms with Gasteiger partial charge in [0.15, 0.2) is 0 Å². The summed E-state index contributed by atoms with van der Waals surface area (Å²) in [6, 6.07) is 1.83. The van der Waals surface area contributed by atoms with E-state index in [2.05, 4.69) is 28.6 Å². The second-order valence-corrected chi connectivity index (χ2v) is 8.04. The summed E-state index contributed by atoms with van der Waals surface area (Å²) in [5, 5.41) is 26.4. The smallest absolute Gasteiger partial charge is 0.326 e. The highest BCUT2D eigenvalue weighted by molar-refractivity contribution is 7.80. The lowest BCUT2D eigenvalue weighted by Crippen LogP contribution is -2.59. The number of aliphatic carboxylic acids is 1. The molecule has 0 saturated heterocycles. The van der Waals surface area contributed by atoms with Crippen LogP contribution in [0.25, 0.3) is 0 Å². The van der Waals surface area contributed by atoms with Crippen molar-refractivity contribution in [3.05, 3.63) is 29.8 Å². The fourth-order valence-corrected chi connectivity index (χ4v) is 3.04. The lowest BCUT2D eigenvalue weighted by atomic mass is 9.97. The zero-order valence-electron chi connectivity index (χ0n) is 18.4. The van der Waals surface area contributed by atoms with Crippen molar-refractivity contribution in [1.29, 1.82) is 0 Å². The van der Waals surface area contributed by atoms with Crippen LogP contribution in [0.15, 0.2) is 24.3 Å². The minimum absolute atomic E-state index is 0.0193. The highest BCUT2D eigenvalue weighted by atomic mass is 32.1. The molecule has 1 aromatic rings. The molecule has 5 unspecified atom stereocenters. The standard InChI is InChI=1S/C21H32N4O6S/c1-4-11(2)17(25-18(27)12(3)22)20(29)24-16(10-32)19(28)23-15(21(30)31)9-13-5-7-14(26)8-6-13/h5-8,11-12,15-17,26,32H,4,9-10,22H2,1-3H3,(H,23,28)(H,24,29)(H,25,27)(H,30,31). The van der Waals surface area contributed by atoms with E-state index in [0.717, 1.165) is 0 Å². The van der Waals surface area contributed by atoms with E-state index < -0.39 is 47.9 Å². The van der Waals surface area contributed by atoms with Crippen molar-refractivity contribution in [2.24, 2.45) is 11.7 Å². The zero-order valence-corrected chi connectivity index (χ0v) is 19.3. The molecule has 0 aliphatic rings. The van der Waals surface area contributed by atoms with Gasteiger partial charge in [-0.15, -0.1) is 0 Å². The molecule has 5 atom stereocenters. The van der Waals surface area contributed by atoms with Crippen LogP contribution in [-0.2, 0) is 25.6 Å². The molecule has 0 aromatic heterocycles. The first kappa shape index (κ1) is 27.2. The number of carbonyl (C=O) groups excluding carboxylic acids is 3. The summed E-state index contributed by atoms with van der Waals surface area (Å²) >= 11 is 4.10. The lowest BCUT2D eigenvalue weighted by Gasteiger charge is -2.27. The van der Waals surface area contributed by atoms with Crippen molar-refractivity contribution >= 4 is 36.3 Å². The molecule has 0 radical (unpaired) electrons. The van der Waals surface area contributed by atoms with Crippen molar-refractivity contribution in [1.82, 2.24) is 16.0 Å². The predicted molar refractivity (Wildman–Crippen MR) is 122 cm³/mol. The number of aromatic hydroxyl groups is 1. The molecule has 0 heterocycles. The van der Waals surface area contributed by atoms with Crippen LogP contribution in [0.4, 0.5) is 0 Å². The number of benzene rings is 1. The molecule has 7 N–H and O–H groups in total. The van der Waals surface area contributed by atoms with Crippen molar-refractivity contribution in [3.63, 3.8) is 0 Å². The number of amides is 3. The minimum atomic E-state index is -1.26. The highest BCUT2D eigenvalue weighted by Crippen LogP contribution is 2.12. The Bertz CT molecular complexity index is 802. The van der Waals surface area contributed by atoms with Crippen molar-refractivity contribution in [2.75, 3.05) is 5.75 Å². The average Bonchev–Trinajstić information content (AvgIpc) is 2.75. The topological polar surface area (TPSA) is 171 Å². The van der Waals surface area contributed by atoms with Crippen LogP contribution >= 0.6 is 12.6 Å². The van der Waals surface area contributed by atoms with Gasteiger partial charge in [-0.25, -0.2) is 4.79 Å². The summed E-state index contributed by atoms with van der Waals surface area (Å²) in [6.45, 7) is 5.12. The van der Waals surface area contributed by atoms with E-state index in [4.69, 9.17) is 5.73 Å². The predicted octanol–water partition coefficient (Wildman–Crippen LogP) is -0.203. The molecule has 0 aliphatic heterocycles. The van der Waals surface area contributed by atoms with Crippen molar-refractivity contribution in [2.45, 2.75) is 57.8 Å². The van der Waals surface area contributed by atoms with Crippen molar-refractivity contribution < 1.29 is 29.4 Å². The zero-order chi connectivity index (χ0) is 24.4. The second-order valence-electron chi connectivity index (χ2n) is 7.67. The third-order valence-corrected chi connectivity index (χ3v) is 5.38. The fraction of sp³-hybridized carbons (Fsp3) is 0.524. The molecule has 1 aromatic carbocycles. The first-order chi connectivity index (χ1) is 15.0. The number of nitrogens with two attached hydrogens (primary N) is 1. The van der Waals surface area contributed by atoms with Gasteiger partial charge >= 0.3 is 5.97 Å². The molecule has 1 rings (SSSR count). The number of phenols is 1. The molecule has 0 spiro atoms. The van der Waals surface area contributed by atoms with Crippen LogP contribution in [-0.4, -0.2) is 63.8 Å². The summed E-state index contributed by atoms with van der Waals surface area (Å²) < 4.78 is 0. The molecule has 0 fully saturated rings. The van der Waals surface area contributed by atoms with Gasteiger partial charge in [-0.2, -0.15) is 12.6 Å². The number of carboxylic acids is 1. The molecule has 3 amide bonds. The van der Waals surface area contributed by atoms with Gasteiger partial charge in [0.1, 0.15) is 23.9 Å². The Morgan fingerprint density at radius 1 is 0.969 bits per heavy atom. The van der Waals surface area contributed by atoms with E-state index in [1.165, 1.54) is 19.1 Å². The Labute approximate surface area is 192 Å². The SMILES string of the molecule is CCC(C)C(NC(=O)C(C)N)C(=O)NC(CS)C(=O)NC(Cc1ccc(O)cc1)C(=O)O. The number of nitrogens with one attached hydrogen (secondary N) is 3. The third kappa shape index (κ3) is 8.39. The summed E-state index contributed by atoms with van der Waals surface area (Å²) in [6.07, 6.45) is 0.567. The Hall–Kier alpha value is -2.79. The quantitative estimate of drug-likeness (QED) is 0.208. The van der Waals surface area contributed by atoms with Gasteiger partial charge in [0, 0.05) is 12.2 Å². The van der Waals surface area contributed by atoms with Gasteiger partial charge in [-0.1, -0.05) is 32.4 Å². The number of phenolic OH excluding ortho intramolecular Hbond substituents is 1. The van der Waals surface area contributed by atoms with E-state index in [1.54, 1.807) is 19.1 Å². The Morgan fingerprint density at radius 3 is 2.00 bits per heavy atom. The molecule has 178 valence electrons. The molecule has 10 nitrogen and oxygen atoms in total. The van der Waals surface area contributed by atoms with Gasteiger partial charge in [-0.05, 0) is 30.5 Å². The van der Waals surface area contributed by atoms with Crippen LogP contribution in [0.3, 0.4) is 0 Å². The maximum atomic E-state index is 12.8. The van der Waals surface area contributed by atoms with Crippen LogP contribution < -0.4 is 21.7 Å². The largest absolute Gasteiger partial charge is 0.508 e. The van der Waals surface area contributed by atoms with E-state index in [0.29, 0.717) is 12.0 Å². The summed E-state index contributed by atoms with van der Waals surface area (Å²) in [4.78, 5) is 49.1. The summed E-state index contributed by atoms with van der Waals surface area (Å²) in [5.41, 5.74) is 6.16. The molecule has 0 bridgehead atoms. The Morgan fingerprint density at radius 2 is 1.53 bits per heavy atom. The third-order valence-electron chi connectivity index (χ3n) is 5.01. The number of thiol groups is 1. The molecule has 0 aliphatic carbocycles. The molecule has 11 heteroatoms. The van der Waals surface area contributed by atoms with Gasteiger partial charge in [-0.3, -0.25) is 14.4 Å². The van der Waals surface area contributed by atoms with E-state index >= 15 is 0 Å². The minimum Gasteiger partial charge on any atom is -0.508 e. The van der Waals surface area contributed by atoms with Crippen LogP contribution in [0.1, 0.15) is 32.8 Å². The van der Waals surface area contributed by atoms with E-state index in [9.17, 15) is 29.4 Å². The van der Waals surface area contributed by atoms with Gasteiger partial charge < -0.3 is 31.9 Å². The fourth-order valence-electron chi connectivity index (χ4n) is 2.78. The summed E-state index contributed by atoms with van der Waals surface area (Å²) in [5.74, 6) is -3.35. The monoisotopic (exact) mass is 468 g/mol. The van der Waals surface area contributed by atoms with Crippen LogP contribution in [0.2, 0.25) is 0 Å². The molecule has 32 heavy (non-hydrogen) atoms. The number of hydrogen-bond acceptors (Lipinski definition) is 7. The van der Waals surface area contributed by atoms with E-state index in [1.807, 2.05) is 6.92 Å². The van der Waals surface area contributed by atoms with E-state index in [-0.39, 0.29) is 23.8 Å². The lowest BCUT2D eigenvalue weighted by molar-refractivity contribution is -0.142. The average molecular weight is 469 g/mol. The Balaban J connectivity index is 2.88. The first-order valence-electron chi connectivity index (χ1n) is 10.3. The second kappa shape index (κ2) is 12.9. The molecular weight excluding hydrogens is 436 g/mol.